The molecule has 2 saturated heterocycles. The van der Waals surface area contributed by atoms with Crippen molar-refractivity contribution in [2.45, 2.75) is 76.1 Å². The molecule has 1 N–H and O–H groups in total. The van der Waals surface area contributed by atoms with E-state index in [-0.39, 0.29) is 6.10 Å². The molecule has 5 heteroatoms. The predicted molar refractivity (Wildman–Crippen MR) is 99.5 cm³/mol. The number of ether oxygens (including phenoxy) is 1. The van der Waals surface area contributed by atoms with Crippen LogP contribution in [-0.2, 0) is 11.8 Å². The molecular weight excluding hydrogens is 312 g/mol. The third-order valence-electron chi connectivity index (χ3n) is 6.61. The van der Waals surface area contributed by atoms with Gasteiger partial charge in [0.05, 0.1) is 0 Å². The molecule has 0 radical (unpaired) electrons. The van der Waals surface area contributed by atoms with Gasteiger partial charge in [-0.3, -0.25) is 0 Å². The van der Waals surface area contributed by atoms with Gasteiger partial charge in [0.15, 0.2) is 0 Å². The quantitative estimate of drug-likeness (QED) is 0.910. The standard InChI is InChI=1S/C20H34N4O/c1-15-4-3-5-17(14-15)24-10-6-16(7-11-24)22-18-8-13-25-19(18)20-21-9-12-23(20)2/h9,12,15-19,22H,3-8,10-11,13-14H2,1-2H3/t15-,17+,18-,19-/m0/s1. The van der Waals surface area contributed by atoms with Crippen molar-refractivity contribution in [1.82, 2.24) is 19.8 Å². The molecule has 1 aromatic heterocycles. The second kappa shape index (κ2) is 7.77. The minimum atomic E-state index is 0.109. The SMILES string of the molecule is C[C@H]1CCC[C@@H](N2CCC(N[C@H]3CCO[C@@H]3c3nccn3C)CC2)C1. The van der Waals surface area contributed by atoms with Crippen molar-refractivity contribution >= 4 is 0 Å². The number of aromatic nitrogens is 2. The number of imidazole rings is 1. The van der Waals surface area contributed by atoms with Crippen LogP contribution in [0.5, 0.6) is 0 Å². The zero-order valence-corrected chi connectivity index (χ0v) is 15.9. The predicted octanol–water partition coefficient (Wildman–Crippen LogP) is 2.88. The molecule has 1 aliphatic carbocycles. The number of nitrogens with zero attached hydrogens (tertiary/aromatic N) is 3. The van der Waals surface area contributed by atoms with Crippen LogP contribution in [0.4, 0.5) is 0 Å². The lowest BCUT2D eigenvalue weighted by atomic mass is 9.85. The van der Waals surface area contributed by atoms with Gasteiger partial charge >= 0.3 is 0 Å². The molecule has 0 unspecified atom stereocenters. The highest BCUT2D eigenvalue weighted by Gasteiger charge is 2.35. The molecular formula is C20H34N4O. The maximum absolute atomic E-state index is 6.00. The molecule has 4 rings (SSSR count). The number of likely N-dealkylation sites (tertiary alicyclic amines) is 1. The maximum Gasteiger partial charge on any atom is 0.139 e. The second-order valence-corrected chi connectivity index (χ2v) is 8.49. The minimum absolute atomic E-state index is 0.109. The summed E-state index contributed by atoms with van der Waals surface area (Å²) in [4.78, 5) is 7.28. The summed E-state index contributed by atoms with van der Waals surface area (Å²) in [5.41, 5.74) is 0. The van der Waals surface area contributed by atoms with Crippen LogP contribution >= 0.6 is 0 Å². The molecule has 3 aliphatic rings. The first-order chi connectivity index (χ1) is 12.2. The van der Waals surface area contributed by atoms with Gasteiger partial charge in [-0.2, -0.15) is 0 Å². The first-order valence-corrected chi connectivity index (χ1v) is 10.3. The van der Waals surface area contributed by atoms with Gasteiger partial charge in [-0.05, 0) is 51.1 Å². The second-order valence-electron chi connectivity index (χ2n) is 8.49. The summed E-state index contributed by atoms with van der Waals surface area (Å²) >= 11 is 0. The highest BCUT2D eigenvalue weighted by atomic mass is 16.5. The van der Waals surface area contributed by atoms with E-state index in [9.17, 15) is 0 Å². The Morgan fingerprint density at radius 3 is 2.72 bits per heavy atom. The molecule has 0 bridgehead atoms. The van der Waals surface area contributed by atoms with E-state index in [1.807, 2.05) is 12.4 Å². The molecule has 0 aromatic carbocycles. The van der Waals surface area contributed by atoms with E-state index in [2.05, 4.69) is 33.7 Å². The van der Waals surface area contributed by atoms with Crippen LogP contribution in [0, 0.1) is 5.92 Å². The fraction of sp³-hybridized carbons (Fsp3) is 0.850. The number of rotatable bonds is 4. The van der Waals surface area contributed by atoms with Crippen LogP contribution in [0.25, 0.3) is 0 Å². The Morgan fingerprint density at radius 1 is 1.16 bits per heavy atom. The molecule has 1 aromatic rings. The van der Waals surface area contributed by atoms with Gasteiger partial charge < -0.3 is 19.5 Å². The van der Waals surface area contributed by atoms with E-state index < -0.39 is 0 Å². The third kappa shape index (κ3) is 3.93. The Morgan fingerprint density at radius 2 is 2.00 bits per heavy atom. The van der Waals surface area contributed by atoms with Crippen molar-refractivity contribution in [1.29, 1.82) is 0 Å². The summed E-state index contributed by atoms with van der Waals surface area (Å²) < 4.78 is 8.10. The Labute approximate surface area is 152 Å². The fourth-order valence-corrected chi connectivity index (χ4v) is 5.13. The summed E-state index contributed by atoms with van der Waals surface area (Å²) in [5.74, 6) is 1.98. The minimum Gasteiger partial charge on any atom is -0.369 e. The average molecular weight is 347 g/mol. The van der Waals surface area contributed by atoms with E-state index in [1.54, 1.807) is 0 Å². The molecule has 25 heavy (non-hydrogen) atoms. The average Bonchev–Trinajstić information content (AvgIpc) is 3.24. The number of hydrogen-bond acceptors (Lipinski definition) is 4. The van der Waals surface area contributed by atoms with Gasteiger partial charge in [0, 0.05) is 44.2 Å². The van der Waals surface area contributed by atoms with Crippen molar-refractivity contribution < 1.29 is 4.74 Å². The lowest BCUT2D eigenvalue weighted by molar-refractivity contribution is 0.0747. The van der Waals surface area contributed by atoms with Crippen molar-refractivity contribution in [3.63, 3.8) is 0 Å². The van der Waals surface area contributed by atoms with E-state index in [0.29, 0.717) is 12.1 Å². The van der Waals surface area contributed by atoms with E-state index in [4.69, 9.17) is 4.74 Å². The lowest BCUT2D eigenvalue weighted by Crippen LogP contribution is -2.50. The van der Waals surface area contributed by atoms with Crippen molar-refractivity contribution in [3.8, 4) is 0 Å². The molecule has 1 saturated carbocycles. The van der Waals surface area contributed by atoms with Gasteiger partial charge in [-0.25, -0.2) is 4.98 Å². The van der Waals surface area contributed by atoms with Gasteiger partial charge in [0.1, 0.15) is 11.9 Å². The van der Waals surface area contributed by atoms with Crippen LogP contribution in [0.15, 0.2) is 12.4 Å². The van der Waals surface area contributed by atoms with Gasteiger partial charge in [-0.15, -0.1) is 0 Å². The molecule has 5 nitrogen and oxygen atoms in total. The normalized spacial score (nSPS) is 35.3. The van der Waals surface area contributed by atoms with Gasteiger partial charge in [-0.1, -0.05) is 19.8 Å². The van der Waals surface area contributed by atoms with E-state index in [0.717, 1.165) is 30.8 Å². The fourth-order valence-electron chi connectivity index (χ4n) is 5.13. The summed E-state index contributed by atoms with van der Waals surface area (Å²) in [6.07, 6.45) is 13.3. The first kappa shape index (κ1) is 17.5. The Bertz CT molecular complexity index is 552. The number of aryl methyl sites for hydroxylation is 1. The number of piperidine rings is 1. The number of nitrogens with one attached hydrogen (secondary N) is 1. The lowest BCUT2D eigenvalue weighted by Gasteiger charge is -2.41. The van der Waals surface area contributed by atoms with Crippen LogP contribution in [0.2, 0.25) is 0 Å². The number of hydrogen-bond donors (Lipinski definition) is 1. The first-order valence-electron chi connectivity index (χ1n) is 10.3. The van der Waals surface area contributed by atoms with Crippen LogP contribution in [-0.4, -0.2) is 52.3 Å². The monoisotopic (exact) mass is 346 g/mol. The topological polar surface area (TPSA) is 42.3 Å². The zero-order chi connectivity index (χ0) is 17.2. The summed E-state index contributed by atoms with van der Waals surface area (Å²) in [6, 6.07) is 1.89. The van der Waals surface area contributed by atoms with Gasteiger partial charge in [0.25, 0.3) is 0 Å². The highest BCUT2D eigenvalue weighted by molar-refractivity contribution is 5.03. The molecule has 2 aliphatic heterocycles. The van der Waals surface area contributed by atoms with Crippen molar-refractivity contribution in [3.05, 3.63) is 18.2 Å². The largest absolute Gasteiger partial charge is 0.369 e. The Kier molecular flexibility index (Phi) is 5.44. The van der Waals surface area contributed by atoms with Crippen LogP contribution < -0.4 is 5.32 Å². The van der Waals surface area contributed by atoms with E-state index >= 15 is 0 Å². The summed E-state index contributed by atoms with van der Waals surface area (Å²) in [5, 5.41) is 3.91. The molecule has 3 heterocycles. The van der Waals surface area contributed by atoms with Gasteiger partial charge in [0.2, 0.25) is 0 Å². The zero-order valence-electron chi connectivity index (χ0n) is 15.9. The van der Waals surface area contributed by atoms with E-state index in [1.165, 1.54) is 51.6 Å². The molecule has 0 spiro atoms. The highest BCUT2D eigenvalue weighted by Crippen LogP contribution is 2.31. The summed E-state index contributed by atoms with van der Waals surface area (Å²) in [7, 11) is 2.06. The summed E-state index contributed by atoms with van der Waals surface area (Å²) in [6.45, 7) is 5.79. The van der Waals surface area contributed by atoms with Crippen molar-refractivity contribution in [2.24, 2.45) is 13.0 Å². The molecule has 3 fully saturated rings. The van der Waals surface area contributed by atoms with Crippen molar-refractivity contribution in [2.75, 3.05) is 19.7 Å². The molecule has 140 valence electrons. The third-order valence-corrected chi connectivity index (χ3v) is 6.61. The Hall–Kier alpha value is -0.910. The molecule has 4 atom stereocenters. The Balaban J connectivity index is 1.29. The van der Waals surface area contributed by atoms with Crippen LogP contribution in [0.3, 0.4) is 0 Å². The van der Waals surface area contributed by atoms with Crippen LogP contribution in [0.1, 0.15) is 63.8 Å². The molecule has 0 amide bonds. The smallest absolute Gasteiger partial charge is 0.139 e. The maximum atomic E-state index is 6.00.